The topological polar surface area (TPSA) is 24.9 Å². The maximum absolute atomic E-state index is 13.2. The summed E-state index contributed by atoms with van der Waals surface area (Å²) in [6.07, 6.45) is 0. The van der Waals surface area contributed by atoms with Crippen LogP contribution in [0.3, 0.4) is 0 Å². The van der Waals surface area contributed by atoms with Gasteiger partial charge in [0.15, 0.2) is 0 Å². The second kappa shape index (κ2) is 5.59. The van der Waals surface area contributed by atoms with Gasteiger partial charge in [0, 0.05) is 23.0 Å². The molecule has 1 aromatic carbocycles. The summed E-state index contributed by atoms with van der Waals surface area (Å²) in [4.78, 5) is 5.71. The molecule has 0 radical (unpaired) electrons. The molecule has 0 aliphatic carbocycles. The number of benzene rings is 1. The van der Waals surface area contributed by atoms with Gasteiger partial charge in [0.05, 0.1) is 5.69 Å². The van der Waals surface area contributed by atoms with Crippen LogP contribution in [0.2, 0.25) is 0 Å². The van der Waals surface area contributed by atoms with Gasteiger partial charge in [-0.1, -0.05) is 26.0 Å². The number of aromatic nitrogens is 1. The minimum Gasteiger partial charge on any atom is -0.308 e. The van der Waals surface area contributed by atoms with Gasteiger partial charge in [0.1, 0.15) is 10.8 Å². The SMILES string of the molecule is Cc1sc(CNC(C)C)nc1-c1cccc(F)c1. The van der Waals surface area contributed by atoms with Crippen LogP contribution in [-0.4, -0.2) is 11.0 Å². The molecule has 1 aromatic heterocycles. The standard InChI is InChI=1S/C14H17FN2S/c1-9(2)16-8-13-17-14(10(3)18-13)11-5-4-6-12(15)7-11/h4-7,9,16H,8H2,1-3H3. The van der Waals surface area contributed by atoms with E-state index in [1.165, 1.54) is 12.1 Å². The van der Waals surface area contributed by atoms with Gasteiger partial charge in [-0.15, -0.1) is 11.3 Å². The van der Waals surface area contributed by atoms with Crippen molar-refractivity contribution in [3.05, 3.63) is 40.0 Å². The summed E-state index contributed by atoms with van der Waals surface area (Å²) in [6, 6.07) is 7.03. The Balaban J connectivity index is 2.24. The first-order valence-electron chi connectivity index (χ1n) is 6.02. The summed E-state index contributed by atoms with van der Waals surface area (Å²) in [7, 11) is 0. The Morgan fingerprint density at radius 3 is 2.83 bits per heavy atom. The number of nitrogens with zero attached hydrogens (tertiary/aromatic N) is 1. The normalized spacial score (nSPS) is 11.2. The lowest BCUT2D eigenvalue weighted by Gasteiger charge is -2.04. The van der Waals surface area contributed by atoms with E-state index in [0.717, 1.165) is 27.7 Å². The molecular formula is C14H17FN2S. The maximum Gasteiger partial charge on any atom is 0.123 e. The van der Waals surface area contributed by atoms with Gasteiger partial charge in [-0.25, -0.2) is 9.37 Å². The number of aryl methyl sites for hydroxylation is 1. The Morgan fingerprint density at radius 1 is 1.39 bits per heavy atom. The number of hydrogen-bond acceptors (Lipinski definition) is 3. The fraction of sp³-hybridized carbons (Fsp3) is 0.357. The smallest absolute Gasteiger partial charge is 0.123 e. The predicted molar refractivity (Wildman–Crippen MR) is 74.2 cm³/mol. The van der Waals surface area contributed by atoms with Gasteiger partial charge in [0.25, 0.3) is 0 Å². The van der Waals surface area contributed by atoms with Gasteiger partial charge in [-0.2, -0.15) is 0 Å². The number of thiazole rings is 1. The van der Waals surface area contributed by atoms with Crippen LogP contribution in [0.5, 0.6) is 0 Å². The first-order chi connectivity index (χ1) is 8.56. The zero-order chi connectivity index (χ0) is 13.1. The Kier molecular flexibility index (Phi) is 4.09. The van der Waals surface area contributed by atoms with Crippen molar-refractivity contribution in [3.63, 3.8) is 0 Å². The highest BCUT2D eigenvalue weighted by Gasteiger charge is 2.10. The average Bonchev–Trinajstić information content (AvgIpc) is 2.68. The number of hydrogen-bond donors (Lipinski definition) is 1. The average molecular weight is 264 g/mol. The summed E-state index contributed by atoms with van der Waals surface area (Å²) in [6.45, 7) is 7.00. The lowest BCUT2D eigenvalue weighted by atomic mass is 10.1. The minimum atomic E-state index is -0.221. The van der Waals surface area contributed by atoms with Crippen LogP contribution < -0.4 is 5.32 Å². The number of nitrogens with one attached hydrogen (secondary N) is 1. The number of halogens is 1. The zero-order valence-electron chi connectivity index (χ0n) is 10.8. The Morgan fingerprint density at radius 2 is 2.17 bits per heavy atom. The van der Waals surface area contributed by atoms with E-state index < -0.39 is 0 Å². The third-order valence-corrected chi connectivity index (χ3v) is 3.57. The molecule has 96 valence electrons. The van der Waals surface area contributed by atoms with Crippen molar-refractivity contribution in [1.82, 2.24) is 10.3 Å². The Hall–Kier alpha value is -1.26. The van der Waals surface area contributed by atoms with Crippen LogP contribution in [0.15, 0.2) is 24.3 Å². The van der Waals surface area contributed by atoms with E-state index in [2.05, 4.69) is 24.1 Å². The van der Waals surface area contributed by atoms with Crippen LogP contribution in [-0.2, 0) is 6.54 Å². The highest BCUT2D eigenvalue weighted by Crippen LogP contribution is 2.27. The quantitative estimate of drug-likeness (QED) is 0.909. The molecule has 1 N–H and O–H groups in total. The van der Waals surface area contributed by atoms with Crippen molar-refractivity contribution >= 4 is 11.3 Å². The molecule has 2 aromatic rings. The molecule has 0 saturated carbocycles. The summed E-state index contributed by atoms with van der Waals surface area (Å²) >= 11 is 1.66. The van der Waals surface area contributed by atoms with Gasteiger partial charge in [-0.05, 0) is 19.1 Å². The molecule has 0 bridgehead atoms. The molecule has 4 heteroatoms. The largest absolute Gasteiger partial charge is 0.308 e. The Bertz CT molecular complexity index is 534. The van der Waals surface area contributed by atoms with Crippen molar-refractivity contribution in [2.45, 2.75) is 33.4 Å². The first-order valence-corrected chi connectivity index (χ1v) is 6.83. The maximum atomic E-state index is 13.2. The van der Waals surface area contributed by atoms with Gasteiger partial charge < -0.3 is 5.32 Å². The lowest BCUT2D eigenvalue weighted by Crippen LogP contribution is -2.21. The molecule has 1 heterocycles. The molecule has 0 fully saturated rings. The van der Waals surface area contributed by atoms with E-state index in [-0.39, 0.29) is 5.82 Å². The summed E-state index contributed by atoms with van der Waals surface area (Å²) in [5, 5.41) is 4.38. The van der Waals surface area contributed by atoms with Crippen LogP contribution >= 0.6 is 11.3 Å². The van der Waals surface area contributed by atoms with Crippen LogP contribution in [0.1, 0.15) is 23.7 Å². The van der Waals surface area contributed by atoms with Gasteiger partial charge in [-0.3, -0.25) is 0 Å². The van der Waals surface area contributed by atoms with E-state index in [9.17, 15) is 4.39 Å². The van der Waals surface area contributed by atoms with Gasteiger partial charge in [0.2, 0.25) is 0 Å². The lowest BCUT2D eigenvalue weighted by molar-refractivity contribution is 0.587. The fourth-order valence-corrected chi connectivity index (χ4v) is 2.63. The third-order valence-electron chi connectivity index (χ3n) is 2.60. The molecule has 0 unspecified atom stereocenters. The molecule has 0 atom stereocenters. The van der Waals surface area contributed by atoms with Crippen molar-refractivity contribution in [2.24, 2.45) is 0 Å². The number of rotatable bonds is 4. The molecular weight excluding hydrogens is 247 g/mol. The predicted octanol–water partition coefficient (Wildman–Crippen LogP) is 3.76. The second-order valence-corrected chi connectivity index (χ2v) is 5.85. The molecule has 2 nitrogen and oxygen atoms in total. The summed E-state index contributed by atoms with van der Waals surface area (Å²) < 4.78 is 13.2. The second-order valence-electron chi connectivity index (χ2n) is 4.56. The molecule has 18 heavy (non-hydrogen) atoms. The minimum absolute atomic E-state index is 0.221. The molecule has 0 saturated heterocycles. The van der Waals surface area contributed by atoms with E-state index in [0.29, 0.717) is 6.04 Å². The van der Waals surface area contributed by atoms with Crippen molar-refractivity contribution < 1.29 is 4.39 Å². The molecule has 0 aliphatic rings. The molecule has 2 rings (SSSR count). The molecule has 0 spiro atoms. The zero-order valence-corrected chi connectivity index (χ0v) is 11.6. The fourth-order valence-electron chi connectivity index (χ4n) is 1.72. The highest BCUT2D eigenvalue weighted by atomic mass is 32.1. The van der Waals surface area contributed by atoms with Crippen molar-refractivity contribution in [1.29, 1.82) is 0 Å². The van der Waals surface area contributed by atoms with Crippen molar-refractivity contribution in [2.75, 3.05) is 0 Å². The van der Waals surface area contributed by atoms with E-state index >= 15 is 0 Å². The van der Waals surface area contributed by atoms with E-state index in [1.54, 1.807) is 17.4 Å². The van der Waals surface area contributed by atoms with Crippen LogP contribution in [0.25, 0.3) is 11.3 Å². The van der Waals surface area contributed by atoms with Crippen LogP contribution in [0, 0.1) is 12.7 Å². The third kappa shape index (κ3) is 3.15. The van der Waals surface area contributed by atoms with E-state index in [4.69, 9.17) is 0 Å². The van der Waals surface area contributed by atoms with E-state index in [1.807, 2.05) is 13.0 Å². The highest BCUT2D eigenvalue weighted by molar-refractivity contribution is 7.12. The Labute approximate surface area is 111 Å². The van der Waals surface area contributed by atoms with Crippen molar-refractivity contribution in [3.8, 4) is 11.3 Å². The summed E-state index contributed by atoms with van der Waals surface area (Å²) in [5.74, 6) is -0.221. The van der Waals surface area contributed by atoms with Crippen LogP contribution in [0.4, 0.5) is 4.39 Å². The van der Waals surface area contributed by atoms with Gasteiger partial charge >= 0.3 is 0 Å². The molecule has 0 amide bonds. The summed E-state index contributed by atoms with van der Waals surface area (Å²) in [5.41, 5.74) is 1.74. The molecule has 0 aliphatic heterocycles. The first kappa shape index (κ1) is 13.2. The monoisotopic (exact) mass is 264 g/mol.